The highest BCUT2D eigenvalue weighted by molar-refractivity contribution is 5.98. The molecule has 0 unspecified atom stereocenters. The Morgan fingerprint density at radius 1 is 1.16 bits per heavy atom. The average Bonchev–Trinajstić information content (AvgIpc) is 3.15. The fourth-order valence-corrected chi connectivity index (χ4v) is 4.15. The van der Waals surface area contributed by atoms with Gasteiger partial charge in [-0.1, -0.05) is 29.8 Å². The molecule has 31 heavy (non-hydrogen) atoms. The van der Waals surface area contributed by atoms with E-state index in [1.165, 1.54) is 5.56 Å². The van der Waals surface area contributed by atoms with Gasteiger partial charge in [0, 0.05) is 45.3 Å². The lowest BCUT2D eigenvalue weighted by Gasteiger charge is -2.26. The number of hydrogen-bond acceptors (Lipinski definition) is 5. The maximum atomic E-state index is 13.1. The summed E-state index contributed by atoms with van der Waals surface area (Å²) in [7, 11) is 0. The van der Waals surface area contributed by atoms with Crippen molar-refractivity contribution in [3.8, 4) is 0 Å². The van der Waals surface area contributed by atoms with Gasteiger partial charge >= 0.3 is 0 Å². The zero-order valence-electron chi connectivity index (χ0n) is 18.2. The van der Waals surface area contributed by atoms with Crippen molar-refractivity contribution in [2.24, 2.45) is 0 Å². The maximum absolute atomic E-state index is 13.1. The van der Waals surface area contributed by atoms with Gasteiger partial charge in [-0.25, -0.2) is 0 Å². The van der Waals surface area contributed by atoms with E-state index in [9.17, 15) is 9.59 Å². The molecule has 8 heteroatoms. The van der Waals surface area contributed by atoms with E-state index in [2.05, 4.69) is 34.4 Å². The van der Waals surface area contributed by atoms with Gasteiger partial charge in [0.25, 0.3) is 11.8 Å². The van der Waals surface area contributed by atoms with Crippen LogP contribution < -0.4 is 5.32 Å². The van der Waals surface area contributed by atoms with Crippen LogP contribution in [-0.2, 0) is 17.8 Å². The van der Waals surface area contributed by atoms with E-state index in [4.69, 9.17) is 4.74 Å². The minimum atomic E-state index is -0.222. The summed E-state index contributed by atoms with van der Waals surface area (Å²) in [6.45, 7) is 8.91. The lowest BCUT2D eigenvalue weighted by atomic mass is 10.1. The van der Waals surface area contributed by atoms with Crippen LogP contribution in [0.25, 0.3) is 0 Å². The molecule has 166 valence electrons. The summed E-state index contributed by atoms with van der Waals surface area (Å²) in [4.78, 5) is 29.9. The number of morpholine rings is 1. The van der Waals surface area contributed by atoms with Gasteiger partial charge in [-0.3, -0.25) is 19.2 Å². The van der Waals surface area contributed by atoms with Gasteiger partial charge in [-0.05, 0) is 31.9 Å². The molecule has 0 radical (unpaired) electrons. The first-order valence-corrected chi connectivity index (χ1v) is 11.1. The number of nitrogens with zero attached hydrogens (tertiary/aromatic N) is 4. The number of rotatable bonds is 7. The molecule has 2 amide bonds. The van der Waals surface area contributed by atoms with Crippen LogP contribution >= 0.6 is 0 Å². The van der Waals surface area contributed by atoms with E-state index in [-0.39, 0.29) is 11.8 Å². The predicted molar refractivity (Wildman–Crippen MR) is 117 cm³/mol. The summed E-state index contributed by atoms with van der Waals surface area (Å²) in [6, 6.07) is 9.84. The quantitative estimate of drug-likeness (QED) is 0.683. The first-order chi connectivity index (χ1) is 15.1. The van der Waals surface area contributed by atoms with Crippen molar-refractivity contribution in [2.45, 2.75) is 32.9 Å². The van der Waals surface area contributed by atoms with Crippen molar-refractivity contribution in [1.82, 2.24) is 24.9 Å². The van der Waals surface area contributed by atoms with E-state index >= 15 is 0 Å². The number of aromatic nitrogens is 2. The lowest BCUT2D eigenvalue weighted by Crippen LogP contribution is -2.38. The molecule has 0 bridgehead atoms. The van der Waals surface area contributed by atoms with Crippen molar-refractivity contribution in [1.29, 1.82) is 0 Å². The van der Waals surface area contributed by atoms with Crippen LogP contribution in [0.5, 0.6) is 0 Å². The molecule has 0 saturated carbocycles. The molecule has 1 fully saturated rings. The molecule has 0 spiro atoms. The fraction of sp³-hybridized carbons (Fsp3) is 0.522. The van der Waals surface area contributed by atoms with Gasteiger partial charge in [0.15, 0.2) is 5.69 Å². The van der Waals surface area contributed by atoms with E-state index in [0.717, 1.165) is 51.3 Å². The summed E-state index contributed by atoms with van der Waals surface area (Å²) >= 11 is 0. The van der Waals surface area contributed by atoms with Crippen molar-refractivity contribution in [2.75, 3.05) is 45.9 Å². The van der Waals surface area contributed by atoms with Gasteiger partial charge in [0.1, 0.15) is 5.69 Å². The van der Waals surface area contributed by atoms with E-state index in [0.29, 0.717) is 37.6 Å². The zero-order valence-corrected chi connectivity index (χ0v) is 18.2. The minimum Gasteiger partial charge on any atom is -0.379 e. The number of aryl methyl sites for hydroxylation is 2. The molecular formula is C23H31N5O3. The third-order valence-electron chi connectivity index (χ3n) is 5.81. The molecule has 1 aromatic heterocycles. The molecule has 2 aliphatic rings. The third kappa shape index (κ3) is 5.51. The molecule has 0 aliphatic carbocycles. The van der Waals surface area contributed by atoms with Crippen LogP contribution in [0.3, 0.4) is 0 Å². The van der Waals surface area contributed by atoms with Crippen LogP contribution in [0.15, 0.2) is 30.3 Å². The van der Waals surface area contributed by atoms with Gasteiger partial charge in [-0.15, -0.1) is 0 Å². The van der Waals surface area contributed by atoms with Crippen molar-refractivity contribution in [3.63, 3.8) is 0 Å². The number of ether oxygens (including phenoxy) is 1. The van der Waals surface area contributed by atoms with Crippen molar-refractivity contribution in [3.05, 3.63) is 52.8 Å². The summed E-state index contributed by atoms with van der Waals surface area (Å²) in [6.07, 6.45) is 1.69. The largest absolute Gasteiger partial charge is 0.379 e. The highest BCUT2D eigenvalue weighted by Crippen LogP contribution is 2.17. The molecule has 8 nitrogen and oxygen atoms in total. The molecule has 0 atom stereocenters. The normalized spacial score (nSPS) is 17.3. The van der Waals surface area contributed by atoms with Crippen LogP contribution in [0.2, 0.25) is 0 Å². The average molecular weight is 426 g/mol. The second-order valence-corrected chi connectivity index (χ2v) is 8.27. The minimum absolute atomic E-state index is 0.0714. The number of carbonyl (C=O) groups excluding carboxylic acids is 2. The highest BCUT2D eigenvalue weighted by atomic mass is 16.5. The number of hydrogen-bond donors (Lipinski definition) is 1. The Hall–Kier alpha value is -2.71. The Balaban J connectivity index is 1.34. The number of amides is 2. The molecule has 4 rings (SSSR count). The lowest BCUT2D eigenvalue weighted by molar-refractivity contribution is 0.0374. The summed E-state index contributed by atoms with van der Waals surface area (Å²) < 4.78 is 7.03. The Morgan fingerprint density at radius 3 is 2.81 bits per heavy atom. The first kappa shape index (κ1) is 21.5. The molecule has 1 saturated heterocycles. The van der Waals surface area contributed by atoms with Crippen LogP contribution in [0, 0.1) is 6.92 Å². The predicted octanol–water partition coefficient (Wildman–Crippen LogP) is 1.69. The zero-order chi connectivity index (χ0) is 21.6. The second-order valence-electron chi connectivity index (χ2n) is 8.27. The van der Waals surface area contributed by atoms with Crippen LogP contribution in [0.4, 0.5) is 0 Å². The number of fused-ring (bicyclic) bond motifs is 1. The molecule has 2 aliphatic heterocycles. The molecule has 2 aromatic rings. The standard InChI is InChI=1S/C23H31N5O3/c1-18-5-2-6-19(15-18)17-27-9-4-10-28-21(23(27)30)16-20(25-28)22(29)24-7-3-8-26-11-13-31-14-12-26/h2,5-6,15-16H,3-4,7-14,17H2,1H3,(H,24,29). The molecular weight excluding hydrogens is 394 g/mol. The van der Waals surface area contributed by atoms with Gasteiger partial charge < -0.3 is 15.0 Å². The van der Waals surface area contributed by atoms with Crippen LogP contribution in [-0.4, -0.2) is 77.3 Å². The third-order valence-corrected chi connectivity index (χ3v) is 5.81. The van der Waals surface area contributed by atoms with E-state index in [1.54, 1.807) is 10.7 Å². The Kier molecular flexibility index (Phi) is 6.99. The summed E-state index contributed by atoms with van der Waals surface area (Å²) in [5, 5.41) is 7.35. The fourth-order valence-electron chi connectivity index (χ4n) is 4.15. The Morgan fingerprint density at radius 2 is 2.00 bits per heavy atom. The SMILES string of the molecule is Cc1cccc(CN2CCCn3nc(C(=O)NCCCN4CCOCC4)cc3C2=O)c1. The van der Waals surface area contributed by atoms with E-state index < -0.39 is 0 Å². The topological polar surface area (TPSA) is 79.7 Å². The number of benzene rings is 1. The number of nitrogens with one attached hydrogen (secondary N) is 1. The second kappa shape index (κ2) is 10.1. The van der Waals surface area contributed by atoms with Gasteiger partial charge in [0.2, 0.25) is 0 Å². The van der Waals surface area contributed by atoms with Crippen molar-refractivity contribution < 1.29 is 14.3 Å². The maximum Gasteiger partial charge on any atom is 0.272 e. The highest BCUT2D eigenvalue weighted by Gasteiger charge is 2.26. The molecule has 3 heterocycles. The van der Waals surface area contributed by atoms with E-state index in [1.807, 2.05) is 17.0 Å². The van der Waals surface area contributed by atoms with Gasteiger partial charge in [0.05, 0.1) is 13.2 Å². The number of carbonyl (C=O) groups is 2. The van der Waals surface area contributed by atoms with Gasteiger partial charge in [-0.2, -0.15) is 5.10 Å². The smallest absolute Gasteiger partial charge is 0.272 e. The summed E-state index contributed by atoms with van der Waals surface area (Å²) in [5.74, 6) is -0.293. The summed E-state index contributed by atoms with van der Waals surface area (Å²) in [5.41, 5.74) is 3.09. The molecule has 1 aromatic carbocycles. The van der Waals surface area contributed by atoms with Crippen molar-refractivity contribution >= 4 is 11.8 Å². The Labute approximate surface area is 183 Å². The monoisotopic (exact) mass is 425 g/mol. The molecule has 1 N–H and O–H groups in total. The Bertz CT molecular complexity index is 920. The van der Waals surface area contributed by atoms with Crippen LogP contribution in [0.1, 0.15) is 44.9 Å². The first-order valence-electron chi connectivity index (χ1n) is 11.1.